The average Bonchev–Trinajstić information content (AvgIpc) is 2.52. The van der Waals surface area contributed by atoms with Gasteiger partial charge in [0, 0.05) is 11.6 Å². The van der Waals surface area contributed by atoms with Crippen molar-refractivity contribution in [3.63, 3.8) is 0 Å². The fourth-order valence-electron chi connectivity index (χ4n) is 2.30. The Morgan fingerprint density at radius 3 is 2.39 bits per heavy atom. The highest BCUT2D eigenvalue weighted by molar-refractivity contribution is 5.96. The molecule has 1 rings (SSSR count). The summed E-state index contributed by atoms with van der Waals surface area (Å²) >= 11 is 0. The Hall–Kier alpha value is -2.64. The van der Waals surface area contributed by atoms with E-state index in [2.05, 4.69) is 5.32 Å². The van der Waals surface area contributed by atoms with Crippen molar-refractivity contribution in [3.8, 4) is 5.75 Å². The van der Waals surface area contributed by atoms with E-state index in [0.717, 1.165) is 6.07 Å². The highest BCUT2D eigenvalue weighted by Crippen LogP contribution is 2.28. The van der Waals surface area contributed by atoms with Gasteiger partial charge in [-0.1, -0.05) is 13.8 Å². The predicted molar refractivity (Wildman–Crippen MR) is 82.7 cm³/mol. The van der Waals surface area contributed by atoms with Crippen LogP contribution in [0.15, 0.2) is 18.2 Å². The molecule has 2 N–H and O–H groups in total. The van der Waals surface area contributed by atoms with Gasteiger partial charge in [0.2, 0.25) is 0 Å². The minimum atomic E-state index is -1.02. The summed E-state index contributed by atoms with van der Waals surface area (Å²) in [7, 11) is 1.30. The SMILES string of the molecule is CCC(CC)(CC(=O)O)NC(=O)c1ccc(OC)c([N+](=O)[O-])c1. The van der Waals surface area contributed by atoms with E-state index in [4.69, 9.17) is 9.84 Å². The molecule has 0 saturated carbocycles. The van der Waals surface area contributed by atoms with Crippen LogP contribution in [0.3, 0.4) is 0 Å². The number of nitrogens with zero attached hydrogens (tertiary/aromatic N) is 1. The molecular weight excluding hydrogens is 304 g/mol. The zero-order chi connectivity index (χ0) is 17.6. The molecule has 8 heteroatoms. The van der Waals surface area contributed by atoms with Crippen molar-refractivity contribution >= 4 is 17.6 Å². The molecule has 0 unspecified atom stereocenters. The number of methoxy groups -OCH3 is 1. The lowest BCUT2D eigenvalue weighted by Gasteiger charge is -2.31. The second-order valence-electron chi connectivity index (χ2n) is 5.16. The molecule has 0 radical (unpaired) electrons. The van der Waals surface area contributed by atoms with E-state index >= 15 is 0 Å². The van der Waals surface area contributed by atoms with Crippen molar-refractivity contribution in [1.29, 1.82) is 0 Å². The number of amides is 1. The van der Waals surface area contributed by atoms with Crippen LogP contribution in [0.4, 0.5) is 5.69 Å². The maximum Gasteiger partial charge on any atom is 0.311 e. The van der Waals surface area contributed by atoms with Gasteiger partial charge in [-0.25, -0.2) is 0 Å². The molecule has 0 bridgehead atoms. The van der Waals surface area contributed by atoms with E-state index in [1.54, 1.807) is 13.8 Å². The van der Waals surface area contributed by atoms with Crippen LogP contribution in [0.1, 0.15) is 43.5 Å². The zero-order valence-corrected chi connectivity index (χ0v) is 13.3. The molecule has 0 aliphatic rings. The Bertz CT molecular complexity index is 610. The van der Waals surface area contributed by atoms with Crippen molar-refractivity contribution < 1.29 is 24.4 Å². The van der Waals surface area contributed by atoms with Crippen LogP contribution in [0.5, 0.6) is 5.75 Å². The molecule has 0 aromatic heterocycles. The Kier molecular flexibility index (Phi) is 6.06. The Balaban J connectivity index is 3.11. The van der Waals surface area contributed by atoms with Gasteiger partial charge >= 0.3 is 11.7 Å². The fraction of sp³-hybridized carbons (Fsp3) is 0.467. The molecule has 23 heavy (non-hydrogen) atoms. The number of nitro groups is 1. The number of nitrogens with one attached hydrogen (secondary N) is 1. The standard InChI is InChI=1S/C15H20N2O6/c1-4-15(5-2,9-13(18)19)16-14(20)10-6-7-12(23-3)11(8-10)17(21)22/h6-8H,4-5,9H2,1-3H3,(H,16,20)(H,18,19). The van der Waals surface area contributed by atoms with Crippen LogP contribution in [0.25, 0.3) is 0 Å². The van der Waals surface area contributed by atoms with Crippen molar-refractivity contribution in [3.05, 3.63) is 33.9 Å². The third-order valence-electron chi connectivity index (χ3n) is 3.86. The number of aliphatic carboxylic acids is 1. The Labute approximate surface area is 133 Å². The predicted octanol–water partition coefficient (Wildman–Crippen LogP) is 2.37. The fourth-order valence-corrected chi connectivity index (χ4v) is 2.30. The van der Waals surface area contributed by atoms with Gasteiger partial charge in [0.1, 0.15) is 0 Å². The lowest BCUT2D eigenvalue weighted by Crippen LogP contribution is -2.49. The Morgan fingerprint density at radius 1 is 1.35 bits per heavy atom. The third-order valence-corrected chi connectivity index (χ3v) is 3.86. The minimum absolute atomic E-state index is 0.0503. The van der Waals surface area contributed by atoms with Gasteiger partial charge in [0.05, 0.1) is 24.0 Å². The van der Waals surface area contributed by atoms with Gasteiger partial charge in [-0.15, -0.1) is 0 Å². The topological polar surface area (TPSA) is 119 Å². The summed E-state index contributed by atoms with van der Waals surface area (Å²) in [4.78, 5) is 33.8. The number of rotatable bonds is 8. The van der Waals surface area contributed by atoms with Crippen LogP contribution in [-0.4, -0.2) is 34.6 Å². The summed E-state index contributed by atoms with van der Waals surface area (Å²) in [6.07, 6.45) is 0.642. The second kappa shape index (κ2) is 7.57. The molecule has 0 aliphatic carbocycles. The van der Waals surface area contributed by atoms with Crippen LogP contribution < -0.4 is 10.1 Å². The summed E-state index contributed by atoms with van der Waals surface area (Å²) in [5.74, 6) is -1.52. The number of carbonyl (C=O) groups is 2. The molecule has 0 atom stereocenters. The highest BCUT2D eigenvalue weighted by atomic mass is 16.6. The van der Waals surface area contributed by atoms with Gasteiger partial charge in [-0.2, -0.15) is 0 Å². The van der Waals surface area contributed by atoms with Gasteiger partial charge in [-0.3, -0.25) is 19.7 Å². The van der Waals surface area contributed by atoms with Crippen molar-refractivity contribution in [2.45, 2.75) is 38.6 Å². The van der Waals surface area contributed by atoms with E-state index in [1.807, 2.05) is 0 Å². The molecule has 1 aromatic carbocycles. The number of hydrogen-bond acceptors (Lipinski definition) is 5. The van der Waals surface area contributed by atoms with Crippen LogP contribution >= 0.6 is 0 Å². The number of carboxylic acids is 1. The molecule has 0 spiro atoms. The summed E-state index contributed by atoms with van der Waals surface area (Å²) in [6.45, 7) is 3.56. The van der Waals surface area contributed by atoms with E-state index in [0.29, 0.717) is 12.8 Å². The molecule has 0 saturated heterocycles. The molecule has 0 aliphatic heterocycles. The first-order chi connectivity index (χ1) is 10.8. The molecule has 0 fully saturated rings. The summed E-state index contributed by atoms with van der Waals surface area (Å²) in [5, 5.41) is 22.7. The van der Waals surface area contributed by atoms with Crippen LogP contribution in [0.2, 0.25) is 0 Å². The van der Waals surface area contributed by atoms with E-state index < -0.39 is 22.3 Å². The molecule has 1 aromatic rings. The number of carbonyl (C=O) groups excluding carboxylic acids is 1. The molecule has 1 amide bonds. The number of carboxylic acid groups (broad SMARTS) is 1. The molecule has 126 valence electrons. The largest absolute Gasteiger partial charge is 0.490 e. The van der Waals surface area contributed by atoms with Gasteiger partial charge in [0.15, 0.2) is 5.75 Å². The summed E-state index contributed by atoms with van der Waals surface area (Å²) < 4.78 is 4.89. The smallest absolute Gasteiger partial charge is 0.311 e. The van der Waals surface area contributed by atoms with Crippen molar-refractivity contribution in [2.75, 3.05) is 7.11 Å². The molecular formula is C15H20N2O6. The second-order valence-corrected chi connectivity index (χ2v) is 5.16. The first-order valence-corrected chi connectivity index (χ1v) is 7.15. The van der Waals surface area contributed by atoms with E-state index in [-0.39, 0.29) is 23.4 Å². The van der Waals surface area contributed by atoms with Gasteiger partial charge in [-0.05, 0) is 25.0 Å². The Morgan fingerprint density at radius 2 is 1.96 bits per heavy atom. The monoisotopic (exact) mass is 324 g/mol. The number of hydrogen-bond donors (Lipinski definition) is 2. The minimum Gasteiger partial charge on any atom is -0.490 e. The third kappa shape index (κ3) is 4.41. The van der Waals surface area contributed by atoms with Gasteiger partial charge < -0.3 is 15.2 Å². The number of ether oxygens (including phenoxy) is 1. The van der Waals surface area contributed by atoms with E-state index in [9.17, 15) is 19.7 Å². The molecule has 0 heterocycles. The van der Waals surface area contributed by atoms with Gasteiger partial charge in [0.25, 0.3) is 5.91 Å². The van der Waals surface area contributed by atoms with E-state index in [1.165, 1.54) is 19.2 Å². The normalized spacial score (nSPS) is 10.9. The lowest BCUT2D eigenvalue weighted by molar-refractivity contribution is -0.385. The quantitative estimate of drug-likeness (QED) is 0.559. The zero-order valence-electron chi connectivity index (χ0n) is 13.3. The highest BCUT2D eigenvalue weighted by Gasteiger charge is 2.31. The summed E-state index contributed by atoms with van der Waals surface area (Å²) in [6, 6.07) is 3.85. The van der Waals surface area contributed by atoms with Crippen LogP contribution in [-0.2, 0) is 4.79 Å². The van der Waals surface area contributed by atoms with Crippen LogP contribution in [0, 0.1) is 10.1 Å². The first kappa shape index (κ1) is 18.4. The number of nitro benzene ring substituents is 1. The van der Waals surface area contributed by atoms with Crippen molar-refractivity contribution in [2.24, 2.45) is 0 Å². The first-order valence-electron chi connectivity index (χ1n) is 7.15. The lowest BCUT2D eigenvalue weighted by atomic mass is 9.88. The van der Waals surface area contributed by atoms with Crippen molar-refractivity contribution in [1.82, 2.24) is 5.32 Å². The molecule has 8 nitrogen and oxygen atoms in total. The number of benzene rings is 1. The maximum absolute atomic E-state index is 12.4. The average molecular weight is 324 g/mol. The summed E-state index contributed by atoms with van der Waals surface area (Å²) in [5.41, 5.74) is -1.14. The maximum atomic E-state index is 12.4.